The highest BCUT2D eigenvalue weighted by atomic mass is 16.2. The minimum absolute atomic E-state index is 0.00820. The van der Waals surface area contributed by atoms with E-state index in [0.717, 1.165) is 27.7 Å². The fraction of sp³-hybridized carbons (Fsp3) is 0.318. The highest BCUT2D eigenvalue weighted by Crippen LogP contribution is 2.24. The molecule has 6 heteroatoms. The molecule has 2 unspecified atom stereocenters. The van der Waals surface area contributed by atoms with Crippen molar-refractivity contribution in [2.45, 2.75) is 46.4 Å². The van der Waals surface area contributed by atoms with Crippen molar-refractivity contribution in [3.63, 3.8) is 0 Å². The van der Waals surface area contributed by atoms with Crippen molar-refractivity contribution in [1.82, 2.24) is 20.6 Å². The maximum atomic E-state index is 12.3. The predicted molar refractivity (Wildman–Crippen MR) is 111 cm³/mol. The summed E-state index contributed by atoms with van der Waals surface area (Å²) in [5, 5.41) is 10.7. The Morgan fingerprint density at radius 2 is 1.75 bits per heavy atom. The molecule has 4 rings (SSSR count). The fourth-order valence-electron chi connectivity index (χ4n) is 3.73. The average molecular weight is 375 g/mol. The van der Waals surface area contributed by atoms with Gasteiger partial charge in [0.25, 0.3) is 0 Å². The number of hydrogen-bond donors (Lipinski definition) is 3. The maximum absolute atomic E-state index is 12.3. The zero-order valence-corrected chi connectivity index (χ0v) is 16.6. The quantitative estimate of drug-likeness (QED) is 0.654. The van der Waals surface area contributed by atoms with E-state index in [0.29, 0.717) is 12.4 Å². The number of amides is 1. The molecule has 0 spiro atoms. The van der Waals surface area contributed by atoms with Gasteiger partial charge in [0.1, 0.15) is 0 Å². The third-order valence-corrected chi connectivity index (χ3v) is 5.14. The number of nitrogens with one attached hydrogen (secondary N) is 3. The first kappa shape index (κ1) is 18.4. The average Bonchev–Trinajstić information content (AvgIpc) is 2.63. The van der Waals surface area contributed by atoms with Crippen LogP contribution in [0.2, 0.25) is 0 Å². The first-order valence-electron chi connectivity index (χ1n) is 9.53. The molecule has 1 amide bonds. The van der Waals surface area contributed by atoms with Crippen LogP contribution < -0.4 is 16.0 Å². The van der Waals surface area contributed by atoms with E-state index >= 15 is 0 Å². The second-order valence-corrected chi connectivity index (χ2v) is 7.59. The summed E-state index contributed by atoms with van der Waals surface area (Å²) in [5.74, 6) is 0.491. The molecule has 3 aromatic rings. The van der Waals surface area contributed by atoms with Crippen LogP contribution >= 0.6 is 0 Å². The zero-order chi connectivity index (χ0) is 19.8. The Balaban J connectivity index is 1.59. The van der Waals surface area contributed by atoms with E-state index in [1.807, 2.05) is 6.92 Å². The molecule has 2 atom stereocenters. The summed E-state index contributed by atoms with van der Waals surface area (Å²) >= 11 is 0. The molecule has 0 bridgehead atoms. The molecule has 2 heterocycles. The summed E-state index contributed by atoms with van der Waals surface area (Å²) in [4.78, 5) is 21.5. The van der Waals surface area contributed by atoms with Crippen molar-refractivity contribution in [3.05, 3.63) is 64.3 Å². The van der Waals surface area contributed by atoms with Crippen molar-refractivity contribution >= 4 is 22.8 Å². The van der Waals surface area contributed by atoms with Crippen LogP contribution in [0.1, 0.15) is 40.4 Å². The Morgan fingerprint density at radius 3 is 2.50 bits per heavy atom. The molecule has 1 aliphatic heterocycles. The van der Waals surface area contributed by atoms with Gasteiger partial charge in [-0.15, -0.1) is 0 Å². The van der Waals surface area contributed by atoms with Gasteiger partial charge in [0.05, 0.1) is 11.2 Å². The summed E-state index contributed by atoms with van der Waals surface area (Å²) in [7, 11) is 0. The molecule has 0 saturated carbocycles. The number of rotatable bonds is 3. The van der Waals surface area contributed by atoms with Gasteiger partial charge < -0.3 is 10.6 Å². The number of benzene rings is 2. The molecule has 1 fully saturated rings. The highest BCUT2D eigenvalue weighted by Gasteiger charge is 2.27. The summed E-state index contributed by atoms with van der Waals surface area (Å²) in [5.41, 5.74) is 6.44. The van der Waals surface area contributed by atoms with Gasteiger partial charge in [-0.2, -0.15) is 0 Å². The van der Waals surface area contributed by atoms with Crippen molar-refractivity contribution in [3.8, 4) is 0 Å². The van der Waals surface area contributed by atoms with E-state index in [-0.39, 0.29) is 11.9 Å². The highest BCUT2D eigenvalue weighted by molar-refractivity contribution is 5.85. The molecule has 0 radical (unpaired) electrons. The smallest absolute Gasteiger partial charge is 0.226 e. The lowest BCUT2D eigenvalue weighted by Crippen LogP contribution is -2.56. The Bertz CT molecular complexity index is 1040. The number of aryl methyl sites for hydroxylation is 4. The zero-order valence-electron chi connectivity index (χ0n) is 16.6. The summed E-state index contributed by atoms with van der Waals surface area (Å²) in [6.45, 7) is 8.17. The molecule has 3 N–H and O–H groups in total. The van der Waals surface area contributed by atoms with Gasteiger partial charge in [0.15, 0.2) is 6.29 Å². The molecule has 1 aromatic heterocycles. The van der Waals surface area contributed by atoms with Crippen LogP contribution in [-0.4, -0.2) is 22.2 Å². The Labute approximate surface area is 164 Å². The molecule has 28 heavy (non-hydrogen) atoms. The number of carbonyl (C=O) groups excluding carboxylic acids is 1. The monoisotopic (exact) mass is 375 g/mol. The van der Waals surface area contributed by atoms with Crippen LogP contribution in [0.15, 0.2) is 36.4 Å². The lowest BCUT2D eigenvalue weighted by Gasteiger charge is -2.32. The molecule has 0 aliphatic carbocycles. The number of fused-ring (bicyclic) bond motifs is 1. The van der Waals surface area contributed by atoms with Crippen LogP contribution in [0.25, 0.3) is 10.9 Å². The minimum atomic E-state index is -0.435. The second kappa shape index (κ2) is 7.20. The minimum Gasteiger partial charge on any atom is -0.323 e. The van der Waals surface area contributed by atoms with Gasteiger partial charge >= 0.3 is 0 Å². The number of nitrogens with zero attached hydrogens (tertiary/aromatic N) is 2. The van der Waals surface area contributed by atoms with E-state index in [4.69, 9.17) is 4.98 Å². The van der Waals surface area contributed by atoms with Gasteiger partial charge in [-0.1, -0.05) is 41.5 Å². The van der Waals surface area contributed by atoms with Crippen molar-refractivity contribution in [2.24, 2.45) is 0 Å². The summed E-state index contributed by atoms with van der Waals surface area (Å²) in [6, 6.07) is 12.4. The molecule has 144 valence electrons. The van der Waals surface area contributed by atoms with Crippen LogP contribution in [-0.2, 0) is 4.79 Å². The lowest BCUT2D eigenvalue weighted by atomic mass is 10.0. The normalized spacial score (nSPS) is 19.5. The molecular formula is C22H25N5O. The third-order valence-electron chi connectivity index (χ3n) is 5.14. The topological polar surface area (TPSA) is 78.9 Å². The predicted octanol–water partition coefficient (Wildman–Crippen LogP) is 3.41. The van der Waals surface area contributed by atoms with Gasteiger partial charge in [-0.25, -0.2) is 9.97 Å². The Kier molecular flexibility index (Phi) is 4.73. The first-order chi connectivity index (χ1) is 13.4. The van der Waals surface area contributed by atoms with E-state index < -0.39 is 6.29 Å². The number of aromatic nitrogens is 2. The first-order valence-corrected chi connectivity index (χ1v) is 9.53. The third kappa shape index (κ3) is 3.68. The largest absolute Gasteiger partial charge is 0.323 e. The van der Waals surface area contributed by atoms with Gasteiger partial charge in [-0.05, 0) is 44.9 Å². The number of carbonyl (C=O) groups is 1. The van der Waals surface area contributed by atoms with Crippen molar-refractivity contribution in [1.29, 1.82) is 0 Å². The van der Waals surface area contributed by atoms with Crippen molar-refractivity contribution in [2.75, 3.05) is 5.32 Å². The molecule has 6 nitrogen and oxygen atoms in total. The van der Waals surface area contributed by atoms with Crippen LogP contribution in [0, 0.1) is 27.7 Å². The van der Waals surface area contributed by atoms with Gasteiger partial charge in [0.2, 0.25) is 11.9 Å². The second-order valence-electron chi connectivity index (χ2n) is 7.59. The van der Waals surface area contributed by atoms with E-state index in [1.165, 1.54) is 11.1 Å². The van der Waals surface area contributed by atoms with Crippen LogP contribution in [0.5, 0.6) is 0 Å². The summed E-state index contributed by atoms with van der Waals surface area (Å²) < 4.78 is 0. The molecule has 2 aromatic carbocycles. The van der Waals surface area contributed by atoms with E-state index in [2.05, 4.69) is 78.1 Å². The standard InChI is InChI=1S/C22H25N5O/c1-12-5-7-16(8-6-12)18-11-19(28)25-22(24-18)27-21-23-15(4)17-10-13(2)9-14(3)20(17)26-21/h5-10,18,22,24H,11H2,1-4H3,(H,25,28)(H,23,26,27). The molecule has 1 aliphatic rings. The molecule has 1 saturated heterocycles. The fourth-order valence-corrected chi connectivity index (χ4v) is 3.73. The van der Waals surface area contributed by atoms with E-state index in [1.54, 1.807) is 0 Å². The number of anilines is 1. The number of hydrogen-bond acceptors (Lipinski definition) is 5. The molecular weight excluding hydrogens is 350 g/mol. The SMILES string of the molecule is Cc1ccc(C2CC(=O)NC(Nc3nc(C)c4cc(C)cc(C)c4n3)N2)cc1. The summed E-state index contributed by atoms with van der Waals surface area (Å²) in [6.07, 6.45) is -0.0350. The van der Waals surface area contributed by atoms with Crippen LogP contribution in [0.3, 0.4) is 0 Å². The van der Waals surface area contributed by atoms with E-state index in [9.17, 15) is 4.79 Å². The van der Waals surface area contributed by atoms with Crippen molar-refractivity contribution < 1.29 is 4.79 Å². The van der Waals surface area contributed by atoms with Gasteiger partial charge in [-0.3, -0.25) is 10.1 Å². The lowest BCUT2D eigenvalue weighted by molar-refractivity contribution is -0.124. The maximum Gasteiger partial charge on any atom is 0.226 e. The van der Waals surface area contributed by atoms with Crippen LogP contribution in [0.4, 0.5) is 5.95 Å². The Morgan fingerprint density at radius 1 is 1.00 bits per heavy atom. The van der Waals surface area contributed by atoms with Gasteiger partial charge in [0, 0.05) is 17.8 Å². The Hall–Kier alpha value is -2.99.